The topological polar surface area (TPSA) is 41.6 Å². The lowest BCUT2D eigenvalue weighted by Gasteiger charge is -2.09. The Balaban J connectivity index is 2.62. The van der Waals surface area contributed by atoms with E-state index in [1.165, 1.54) is 0 Å². The van der Waals surface area contributed by atoms with Crippen molar-refractivity contribution in [3.63, 3.8) is 0 Å². The number of nitrogens with one attached hydrogen (secondary N) is 1. The molecule has 0 amide bonds. The van der Waals surface area contributed by atoms with E-state index in [0.717, 1.165) is 40.3 Å². The monoisotopic (exact) mass is 259 g/mol. The van der Waals surface area contributed by atoms with Crippen molar-refractivity contribution in [2.75, 3.05) is 0 Å². The first-order valence-corrected chi connectivity index (χ1v) is 6.47. The van der Waals surface area contributed by atoms with Crippen molar-refractivity contribution < 1.29 is 0 Å². The zero-order valence-corrected chi connectivity index (χ0v) is 12.0. The van der Waals surface area contributed by atoms with Gasteiger partial charge in [-0.15, -0.1) is 0 Å². The highest BCUT2D eigenvalue weighted by Crippen LogP contribution is 2.19. The minimum atomic E-state index is 0.672. The number of nitrogens with zero attached hydrogens (tertiary/aromatic N) is 2. The molecule has 0 atom stereocenters. The van der Waals surface area contributed by atoms with Crippen molar-refractivity contribution in [2.45, 2.75) is 34.1 Å². The fourth-order valence-corrected chi connectivity index (χ4v) is 2.49. The van der Waals surface area contributed by atoms with Gasteiger partial charge in [0.05, 0.1) is 0 Å². The van der Waals surface area contributed by atoms with Crippen LogP contribution < -0.4 is 0 Å². The number of hydrogen-bond donors (Lipinski definition) is 1. The Hall–Kier alpha value is -1.55. The molecule has 0 aliphatic rings. The van der Waals surface area contributed by atoms with E-state index in [4.69, 9.17) is 12.2 Å². The average molecular weight is 259 g/mol. The molecule has 2 rings (SSSR count). The number of aromatic amines is 1. The number of H-pyrrole nitrogens is 1. The van der Waals surface area contributed by atoms with Gasteiger partial charge in [0.1, 0.15) is 10.3 Å². The van der Waals surface area contributed by atoms with Gasteiger partial charge in [-0.2, -0.15) is 0 Å². The van der Waals surface area contributed by atoms with Gasteiger partial charge in [-0.25, -0.2) is 4.98 Å². The SMILES string of the molecule is CCc1c(C)[nH]c(-c2ncc(C)cc2C)nc1=S. The standard InChI is InChI=1S/C14H17N3S/c1-5-11-10(4)16-13(17-14(11)18)12-9(3)6-8(2)7-15-12/h6-7H,5H2,1-4H3,(H,16,17,18). The Morgan fingerprint density at radius 3 is 2.56 bits per heavy atom. The first kappa shape index (κ1) is 12.9. The number of aromatic nitrogens is 3. The van der Waals surface area contributed by atoms with E-state index in [1.54, 1.807) is 0 Å². The van der Waals surface area contributed by atoms with E-state index in [0.29, 0.717) is 4.64 Å². The minimum Gasteiger partial charge on any atom is -0.342 e. The summed E-state index contributed by atoms with van der Waals surface area (Å²) in [5, 5.41) is 0. The van der Waals surface area contributed by atoms with Gasteiger partial charge in [0, 0.05) is 17.5 Å². The summed E-state index contributed by atoms with van der Waals surface area (Å²) in [7, 11) is 0. The molecule has 0 spiro atoms. The summed E-state index contributed by atoms with van der Waals surface area (Å²) in [6.07, 6.45) is 2.75. The van der Waals surface area contributed by atoms with Crippen LogP contribution in [0, 0.1) is 25.4 Å². The summed E-state index contributed by atoms with van der Waals surface area (Å²) in [5.74, 6) is 0.757. The van der Waals surface area contributed by atoms with Crippen LogP contribution in [-0.2, 0) is 6.42 Å². The zero-order chi connectivity index (χ0) is 13.3. The van der Waals surface area contributed by atoms with E-state index in [9.17, 15) is 0 Å². The molecule has 94 valence electrons. The van der Waals surface area contributed by atoms with Gasteiger partial charge in [-0.05, 0) is 38.3 Å². The zero-order valence-electron chi connectivity index (χ0n) is 11.2. The Labute approximate surface area is 112 Å². The maximum Gasteiger partial charge on any atom is 0.158 e. The smallest absolute Gasteiger partial charge is 0.158 e. The molecule has 0 saturated carbocycles. The summed E-state index contributed by atoms with van der Waals surface area (Å²) in [4.78, 5) is 12.2. The Kier molecular flexibility index (Phi) is 3.57. The van der Waals surface area contributed by atoms with Crippen molar-refractivity contribution in [1.82, 2.24) is 15.0 Å². The van der Waals surface area contributed by atoms with Crippen LogP contribution in [-0.4, -0.2) is 15.0 Å². The number of aryl methyl sites for hydroxylation is 3. The van der Waals surface area contributed by atoms with Crippen LogP contribution in [0.2, 0.25) is 0 Å². The van der Waals surface area contributed by atoms with Crippen LogP contribution in [0.3, 0.4) is 0 Å². The van der Waals surface area contributed by atoms with Crippen LogP contribution in [0.1, 0.15) is 29.3 Å². The normalized spacial score (nSPS) is 10.7. The molecule has 0 fully saturated rings. The molecule has 1 N–H and O–H groups in total. The van der Waals surface area contributed by atoms with Crippen LogP contribution in [0.5, 0.6) is 0 Å². The van der Waals surface area contributed by atoms with Gasteiger partial charge < -0.3 is 4.98 Å². The van der Waals surface area contributed by atoms with Gasteiger partial charge in [0.2, 0.25) is 0 Å². The second-order valence-electron chi connectivity index (χ2n) is 4.53. The van der Waals surface area contributed by atoms with Gasteiger partial charge in [0.15, 0.2) is 5.82 Å². The number of hydrogen-bond acceptors (Lipinski definition) is 3. The Morgan fingerprint density at radius 2 is 2.00 bits per heavy atom. The van der Waals surface area contributed by atoms with Crippen LogP contribution in [0.4, 0.5) is 0 Å². The molecule has 0 bridgehead atoms. The predicted molar refractivity (Wildman–Crippen MR) is 76.2 cm³/mol. The van der Waals surface area contributed by atoms with Gasteiger partial charge in [-0.1, -0.05) is 25.2 Å². The summed E-state index contributed by atoms with van der Waals surface area (Å²) in [5.41, 5.74) is 5.32. The molecule has 0 saturated heterocycles. The molecule has 2 aromatic heterocycles. The number of pyridine rings is 1. The predicted octanol–water partition coefficient (Wildman–Crippen LogP) is 3.69. The van der Waals surface area contributed by atoms with Gasteiger partial charge in [0.25, 0.3) is 0 Å². The fourth-order valence-electron chi connectivity index (χ4n) is 2.10. The molecule has 0 unspecified atom stereocenters. The molecule has 18 heavy (non-hydrogen) atoms. The van der Waals surface area contributed by atoms with Gasteiger partial charge in [-0.3, -0.25) is 4.98 Å². The Morgan fingerprint density at radius 1 is 1.28 bits per heavy atom. The third kappa shape index (κ3) is 2.34. The van der Waals surface area contributed by atoms with Crippen LogP contribution in [0.15, 0.2) is 12.3 Å². The van der Waals surface area contributed by atoms with E-state index >= 15 is 0 Å². The van der Waals surface area contributed by atoms with E-state index < -0.39 is 0 Å². The quantitative estimate of drug-likeness (QED) is 0.836. The Bertz CT molecular complexity index is 644. The van der Waals surface area contributed by atoms with Crippen LogP contribution >= 0.6 is 12.2 Å². The second kappa shape index (κ2) is 4.98. The average Bonchev–Trinajstić information content (AvgIpc) is 2.28. The molecule has 0 aromatic carbocycles. The molecule has 0 aliphatic carbocycles. The minimum absolute atomic E-state index is 0.672. The molecular formula is C14H17N3S. The highest BCUT2D eigenvalue weighted by molar-refractivity contribution is 7.71. The third-order valence-corrected chi connectivity index (χ3v) is 3.36. The van der Waals surface area contributed by atoms with Crippen molar-refractivity contribution in [3.05, 3.63) is 39.3 Å². The fraction of sp³-hybridized carbons (Fsp3) is 0.357. The molecular weight excluding hydrogens is 242 g/mol. The largest absolute Gasteiger partial charge is 0.342 e. The van der Waals surface area contributed by atoms with E-state index in [1.807, 2.05) is 27.0 Å². The highest BCUT2D eigenvalue weighted by atomic mass is 32.1. The first-order chi connectivity index (χ1) is 8.52. The lowest BCUT2D eigenvalue weighted by atomic mass is 10.1. The summed E-state index contributed by atoms with van der Waals surface area (Å²) < 4.78 is 0.672. The van der Waals surface area contributed by atoms with Crippen molar-refractivity contribution >= 4 is 12.2 Å². The van der Waals surface area contributed by atoms with Crippen molar-refractivity contribution in [1.29, 1.82) is 0 Å². The van der Waals surface area contributed by atoms with Crippen molar-refractivity contribution in [2.24, 2.45) is 0 Å². The second-order valence-corrected chi connectivity index (χ2v) is 4.91. The van der Waals surface area contributed by atoms with E-state index in [-0.39, 0.29) is 0 Å². The third-order valence-electron chi connectivity index (χ3n) is 3.02. The van der Waals surface area contributed by atoms with Crippen LogP contribution in [0.25, 0.3) is 11.5 Å². The molecule has 3 nitrogen and oxygen atoms in total. The lowest BCUT2D eigenvalue weighted by Crippen LogP contribution is -2.01. The molecule has 0 radical (unpaired) electrons. The summed E-state index contributed by atoms with van der Waals surface area (Å²) in [6, 6.07) is 2.10. The summed E-state index contributed by atoms with van der Waals surface area (Å²) in [6.45, 7) is 8.19. The maximum absolute atomic E-state index is 5.34. The molecule has 0 aliphatic heterocycles. The highest BCUT2D eigenvalue weighted by Gasteiger charge is 2.09. The lowest BCUT2D eigenvalue weighted by molar-refractivity contribution is 0.979. The summed E-state index contributed by atoms with van der Waals surface area (Å²) >= 11 is 5.34. The maximum atomic E-state index is 5.34. The number of rotatable bonds is 2. The van der Waals surface area contributed by atoms with Gasteiger partial charge >= 0.3 is 0 Å². The molecule has 4 heteroatoms. The first-order valence-electron chi connectivity index (χ1n) is 6.06. The molecule has 2 aromatic rings. The van der Waals surface area contributed by atoms with Crippen molar-refractivity contribution in [3.8, 4) is 11.5 Å². The molecule has 2 heterocycles. The van der Waals surface area contributed by atoms with E-state index in [2.05, 4.69) is 27.9 Å².